The number of benzene rings is 3. The first-order valence-corrected chi connectivity index (χ1v) is 10.2. The van der Waals surface area contributed by atoms with Gasteiger partial charge in [-0.25, -0.2) is 4.39 Å². The summed E-state index contributed by atoms with van der Waals surface area (Å²) in [6.07, 6.45) is 0. The first-order chi connectivity index (χ1) is 14.0. The topological polar surface area (TPSA) is 49.4 Å². The highest BCUT2D eigenvalue weighted by Gasteiger charge is 2.33. The van der Waals surface area contributed by atoms with Crippen LogP contribution in [0.15, 0.2) is 72.8 Å². The zero-order chi connectivity index (χ0) is 20.4. The molecule has 146 valence electrons. The summed E-state index contributed by atoms with van der Waals surface area (Å²) in [7, 11) is 0. The van der Waals surface area contributed by atoms with Gasteiger partial charge in [-0.05, 0) is 55.0 Å². The quantitative estimate of drug-likeness (QED) is 0.651. The molecule has 1 saturated heterocycles. The van der Waals surface area contributed by atoms with E-state index in [-0.39, 0.29) is 22.8 Å². The smallest absolute Gasteiger partial charge is 0.255 e. The number of nitrogens with zero attached hydrogens (tertiary/aromatic N) is 1. The standard InChI is InChI=1S/C23H19FN2O2S/c1-15-5-11-20(12-6-15)26-21(27)14-29-23(26)16-7-9-19(10-8-16)25-22(28)17-3-2-4-18(24)13-17/h2-13,23H,14H2,1H3,(H,25,28)/t23-/m0/s1. The maximum atomic E-state index is 13.3. The molecule has 3 aromatic rings. The van der Waals surface area contributed by atoms with E-state index in [2.05, 4.69) is 5.32 Å². The van der Waals surface area contributed by atoms with Gasteiger partial charge in [0, 0.05) is 16.9 Å². The first-order valence-electron chi connectivity index (χ1n) is 9.18. The predicted octanol–water partition coefficient (Wildman–Crippen LogP) is 5.17. The zero-order valence-electron chi connectivity index (χ0n) is 15.8. The van der Waals surface area contributed by atoms with Crippen molar-refractivity contribution in [2.75, 3.05) is 16.0 Å². The van der Waals surface area contributed by atoms with Gasteiger partial charge in [0.2, 0.25) is 5.91 Å². The molecular weight excluding hydrogens is 387 g/mol. The third kappa shape index (κ3) is 4.17. The lowest BCUT2D eigenvalue weighted by atomic mass is 10.1. The second kappa shape index (κ2) is 8.09. The van der Waals surface area contributed by atoms with E-state index in [0.29, 0.717) is 11.4 Å². The van der Waals surface area contributed by atoms with Crippen LogP contribution in [0.4, 0.5) is 15.8 Å². The average molecular weight is 406 g/mol. The summed E-state index contributed by atoms with van der Waals surface area (Å²) in [5.41, 5.74) is 3.86. The van der Waals surface area contributed by atoms with E-state index in [9.17, 15) is 14.0 Å². The van der Waals surface area contributed by atoms with Crippen LogP contribution in [0, 0.1) is 12.7 Å². The first kappa shape index (κ1) is 19.2. The summed E-state index contributed by atoms with van der Waals surface area (Å²) in [6, 6.07) is 20.9. The molecule has 4 rings (SSSR count). The molecule has 1 N–H and O–H groups in total. The van der Waals surface area contributed by atoms with E-state index in [1.807, 2.05) is 48.2 Å². The van der Waals surface area contributed by atoms with Gasteiger partial charge in [0.25, 0.3) is 5.91 Å². The van der Waals surface area contributed by atoms with E-state index < -0.39 is 5.82 Å². The van der Waals surface area contributed by atoms with Gasteiger partial charge in [-0.1, -0.05) is 35.9 Å². The van der Waals surface area contributed by atoms with E-state index in [4.69, 9.17) is 0 Å². The second-order valence-electron chi connectivity index (χ2n) is 6.85. The third-order valence-corrected chi connectivity index (χ3v) is 5.93. The van der Waals surface area contributed by atoms with Crippen molar-refractivity contribution in [2.24, 2.45) is 0 Å². The van der Waals surface area contributed by atoms with Crippen molar-refractivity contribution in [3.05, 3.63) is 95.3 Å². The molecule has 1 fully saturated rings. The van der Waals surface area contributed by atoms with Crippen molar-refractivity contribution in [1.29, 1.82) is 0 Å². The normalized spacial score (nSPS) is 16.1. The molecule has 0 radical (unpaired) electrons. The molecule has 0 spiro atoms. The molecule has 6 heteroatoms. The molecule has 29 heavy (non-hydrogen) atoms. The fourth-order valence-corrected chi connectivity index (χ4v) is 4.40. The number of carbonyl (C=O) groups excluding carboxylic acids is 2. The predicted molar refractivity (Wildman–Crippen MR) is 115 cm³/mol. The summed E-state index contributed by atoms with van der Waals surface area (Å²) in [4.78, 5) is 26.5. The monoisotopic (exact) mass is 406 g/mol. The van der Waals surface area contributed by atoms with Crippen LogP contribution in [0.5, 0.6) is 0 Å². The number of carbonyl (C=O) groups is 2. The Bertz CT molecular complexity index is 1050. The average Bonchev–Trinajstić information content (AvgIpc) is 3.10. The van der Waals surface area contributed by atoms with Crippen molar-refractivity contribution < 1.29 is 14.0 Å². The highest BCUT2D eigenvalue weighted by molar-refractivity contribution is 8.00. The van der Waals surface area contributed by atoms with Crippen LogP contribution in [0.1, 0.15) is 26.9 Å². The summed E-state index contributed by atoms with van der Waals surface area (Å²) in [5, 5.41) is 2.66. The summed E-state index contributed by atoms with van der Waals surface area (Å²) in [6.45, 7) is 2.01. The minimum absolute atomic E-state index is 0.0762. The van der Waals surface area contributed by atoms with E-state index in [0.717, 1.165) is 16.8 Å². The molecule has 1 aliphatic rings. The van der Waals surface area contributed by atoms with E-state index >= 15 is 0 Å². The van der Waals surface area contributed by atoms with E-state index in [1.165, 1.54) is 18.2 Å². The van der Waals surface area contributed by atoms with Gasteiger partial charge in [0.05, 0.1) is 5.75 Å². The van der Waals surface area contributed by atoms with Crippen molar-refractivity contribution in [3.63, 3.8) is 0 Å². The van der Waals surface area contributed by atoms with Gasteiger partial charge in [-0.2, -0.15) is 0 Å². The highest BCUT2D eigenvalue weighted by atomic mass is 32.2. The molecule has 0 unspecified atom stereocenters. The Labute approximate surface area is 172 Å². The van der Waals surface area contributed by atoms with Gasteiger partial charge < -0.3 is 5.32 Å². The molecule has 1 atom stereocenters. The fraction of sp³-hybridized carbons (Fsp3) is 0.130. The molecule has 2 amide bonds. The highest BCUT2D eigenvalue weighted by Crippen LogP contribution is 2.41. The molecule has 0 aromatic heterocycles. The number of nitrogens with one attached hydrogen (secondary N) is 1. The van der Waals surface area contributed by atoms with Crippen LogP contribution in [0.2, 0.25) is 0 Å². The van der Waals surface area contributed by atoms with Crippen molar-refractivity contribution in [1.82, 2.24) is 0 Å². The van der Waals surface area contributed by atoms with Crippen molar-refractivity contribution in [2.45, 2.75) is 12.3 Å². The Balaban J connectivity index is 1.51. The van der Waals surface area contributed by atoms with Crippen LogP contribution in [-0.2, 0) is 4.79 Å². The second-order valence-corrected chi connectivity index (χ2v) is 7.92. The Morgan fingerprint density at radius 1 is 1.07 bits per heavy atom. The van der Waals surface area contributed by atoms with Gasteiger partial charge in [0.1, 0.15) is 11.2 Å². The number of hydrogen-bond donors (Lipinski definition) is 1. The zero-order valence-corrected chi connectivity index (χ0v) is 16.6. The van der Waals surface area contributed by atoms with E-state index in [1.54, 1.807) is 30.0 Å². The van der Waals surface area contributed by atoms with Crippen LogP contribution in [0.3, 0.4) is 0 Å². The Kier molecular flexibility index (Phi) is 5.36. The number of rotatable bonds is 4. The van der Waals surface area contributed by atoms with Crippen molar-refractivity contribution in [3.8, 4) is 0 Å². The number of anilines is 2. The maximum Gasteiger partial charge on any atom is 0.255 e. The molecule has 0 saturated carbocycles. The Morgan fingerprint density at radius 3 is 2.48 bits per heavy atom. The minimum atomic E-state index is -0.452. The summed E-state index contributed by atoms with van der Waals surface area (Å²) in [5.74, 6) is -0.320. The number of thioether (sulfide) groups is 1. The lowest BCUT2D eigenvalue weighted by molar-refractivity contribution is -0.115. The molecular formula is C23H19FN2O2S. The Morgan fingerprint density at radius 2 is 1.79 bits per heavy atom. The lowest BCUT2D eigenvalue weighted by Gasteiger charge is -2.24. The molecule has 0 aliphatic carbocycles. The molecule has 3 aromatic carbocycles. The minimum Gasteiger partial charge on any atom is -0.322 e. The largest absolute Gasteiger partial charge is 0.322 e. The summed E-state index contributed by atoms with van der Waals surface area (Å²) < 4.78 is 13.3. The van der Waals surface area contributed by atoms with Gasteiger partial charge in [-0.15, -0.1) is 11.8 Å². The van der Waals surface area contributed by atoms with Gasteiger partial charge in [0.15, 0.2) is 0 Å². The molecule has 0 bridgehead atoms. The molecule has 1 heterocycles. The van der Waals surface area contributed by atoms with Gasteiger partial charge in [-0.3, -0.25) is 14.5 Å². The van der Waals surface area contributed by atoms with Crippen LogP contribution < -0.4 is 10.2 Å². The van der Waals surface area contributed by atoms with Crippen LogP contribution >= 0.6 is 11.8 Å². The van der Waals surface area contributed by atoms with Crippen LogP contribution in [0.25, 0.3) is 0 Å². The maximum absolute atomic E-state index is 13.3. The van der Waals surface area contributed by atoms with Crippen LogP contribution in [-0.4, -0.2) is 17.6 Å². The third-order valence-electron chi connectivity index (χ3n) is 4.72. The molecule has 4 nitrogen and oxygen atoms in total. The van der Waals surface area contributed by atoms with Gasteiger partial charge >= 0.3 is 0 Å². The van der Waals surface area contributed by atoms with Crippen molar-refractivity contribution >= 4 is 35.0 Å². The fourth-order valence-electron chi connectivity index (χ4n) is 3.22. The number of aryl methyl sites for hydroxylation is 1. The SMILES string of the molecule is Cc1ccc(N2C(=O)CS[C@H]2c2ccc(NC(=O)c3cccc(F)c3)cc2)cc1. The number of amides is 2. The number of hydrogen-bond acceptors (Lipinski definition) is 3. The molecule has 1 aliphatic heterocycles. The summed E-state index contributed by atoms with van der Waals surface area (Å²) >= 11 is 1.58. The Hall–Kier alpha value is -3.12. The lowest BCUT2D eigenvalue weighted by Crippen LogP contribution is -2.27. The number of halogens is 1.